The predicted molar refractivity (Wildman–Crippen MR) is 118 cm³/mol. The van der Waals surface area contributed by atoms with Crippen LogP contribution in [0.15, 0.2) is 40.3 Å². The van der Waals surface area contributed by atoms with E-state index in [0.717, 1.165) is 6.54 Å². The number of ketones is 1. The SMILES string of the molecule is CCOc1ccc(C(O)=C2C(=O)C(=O)N(CCCN(C)C)[C@@H]2c2ccc(C)o2)cc1Cl. The number of furan rings is 1. The van der Waals surface area contributed by atoms with Crippen molar-refractivity contribution in [1.29, 1.82) is 0 Å². The highest BCUT2D eigenvalue weighted by atomic mass is 35.5. The van der Waals surface area contributed by atoms with Crippen molar-refractivity contribution in [2.45, 2.75) is 26.3 Å². The van der Waals surface area contributed by atoms with Crippen LogP contribution in [0.4, 0.5) is 0 Å². The van der Waals surface area contributed by atoms with Crippen LogP contribution in [0, 0.1) is 6.92 Å². The summed E-state index contributed by atoms with van der Waals surface area (Å²) in [5.74, 6) is -0.138. The van der Waals surface area contributed by atoms with Gasteiger partial charge in [-0.05, 0) is 71.2 Å². The van der Waals surface area contributed by atoms with E-state index in [-0.39, 0.29) is 11.3 Å². The van der Waals surface area contributed by atoms with Gasteiger partial charge in [0.1, 0.15) is 29.1 Å². The number of carbonyl (C=O) groups is 2. The van der Waals surface area contributed by atoms with Gasteiger partial charge in [0.05, 0.1) is 17.2 Å². The average molecular weight is 447 g/mol. The Hall–Kier alpha value is -2.77. The van der Waals surface area contributed by atoms with E-state index in [0.29, 0.717) is 47.4 Å². The van der Waals surface area contributed by atoms with Crippen molar-refractivity contribution in [2.24, 2.45) is 0 Å². The van der Waals surface area contributed by atoms with Crippen LogP contribution in [0.3, 0.4) is 0 Å². The molecule has 1 amide bonds. The first kappa shape index (κ1) is 22.9. The number of aliphatic hydroxyl groups excluding tert-OH is 1. The molecule has 1 aliphatic rings. The molecule has 2 aromatic rings. The quantitative estimate of drug-likeness (QED) is 0.374. The molecule has 0 unspecified atom stereocenters. The number of carbonyl (C=O) groups excluding carboxylic acids is 2. The summed E-state index contributed by atoms with van der Waals surface area (Å²) >= 11 is 6.26. The lowest BCUT2D eigenvalue weighted by molar-refractivity contribution is -0.140. The van der Waals surface area contributed by atoms with E-state index >= 15 is 0 Å². The molecule has 0 spiro atoms. The van der Waals surface area contributed by atoms with Crippen LogP contribution in [-0.4, -0.2) is 60.4 Å². The summed E-state index contributed by atoms with van der Waals surface area (Å²) in [5, 5.41) is 11.4. The Morgan fingerprint density at radius 3 is 2.58 bits per heavy atom. The third-order valence-corrected chi connectivity index (χ3v) is 5.38. The maximum Gasteiger partial charge on any atom is 0.295 e. The standard InChI is InChI=1S/C23H27ClN2O5/c1-5-30-17-10-8-15(13-16(17)24)21(27)19-20(18-9-7-14(2)31-18)26(23(29)22(19)28)12-6-11-25(3)4/h7-10,13,20,27H,5-6,11-12H2,1-4H3/t20-/m1/s1. The number of aryl methyl sites for hydroxylation is 1. The molecule has 0 radical (unpaired) electrons. The Bertz CT molecular complexity index is 1010. The van der Waals surface area contributed by atoms with Crippen molar-refractivity contribution < 1.29 is 23.8 Å². The van der Waals surface area contributed by atoms with Gasteiger partial charge in [-0.1, -0.05) is 11.6 Å². The van der Waals surface area contributed by atoms with Crippen LogP contribution in [0.5, 0.6) is 5.75 Å². The van der Waals surface area contributed by atoms with Crippen LogP contribution in [0.25, 0.3) is 5.76 Å². The molecule has 1 atom stereocenters. The van der Waals surface area contributed by atoms with Crippen molar-refractivity contribution >= 4 is 29.1 Å². The Labute approximate surface area is 186 Å². The first-order valence-corrected chi connectivity index (χ1v) is 10.5. The highest BCUT2D eigenvalue weighted by Crippen LogP contribution is 2.40. The Kier molecular flexibility index (Phi) is 7.08. The molecule has 1 aromatic carbocycles. The van der Waals surface area contributed by atoms with Gasteiger partial charge in [-0.15, -0.1) is 0 Å². The lowest BCUT2D eigenvalue weighted by Gasteiger charge is -2.24. The lowest BCUT2D eigenvalue weighted by atomic mass is 9.99. The highest BCUT2D eigenvalue weighted by Gasteiger charge is 2.47. The highest BCUT2D eigenvalue weighted by molar-refractivity contribution is 6.46. The number of likely N-dealkylation sites (tertiary alicyclic amines) is 1. The minimum Gasteiger partial charge on any atom is -0.507 e. The number of ether oxygens (including phenoxy) is 1. The number of hydrogen-bond acceptors (Lipinski definition) is 6. The number of rotatable bonds is 8. The molecule has 31 heavy (non-hydrogen) atoms. The predicted octanol–water partition coefficient (Wildman–Crippen LogP) is 4.01. The monoisotopic (exact) mass is 446 g/mol. The second-order valence-corrected chi connectivity index (χ2v) is 8.08. The van der Waals surface area contributed by atoms with E-state index in [1.165, 1.54) is 11.0 Å². The van der Waals surface area contributed by atoms with Gasteiger partial charge in [0.25, 0.3) is 11.7 Å². The molecular weight excluding hydrogens is 420 g/mol. The smallest absolute Gasteiger partial charge is 0.295 e. The summed E-state index contributed by atoms with van der Waals surface area (Å²) < 4.78 is 11.2. The molecule has 0 aliphatic carbocycles. The molecular formula is C23H27ClN2O5. The summed E-state index contributed by atoms with van der Waals surface area (Å²) in [4.78, 5) is 29.3. The molecule has 1 fully saturated rings. The van der Waals surface area contributed by atoms with Gasteiger partial charge in [-0.2, -0.15) is 0 Å². The summed E-state index contributed by atoms with van der Waals surface area (Å²) in [5.41, 5.74) is 0.317. The largest absolute Gasteiger partial charge is 0.507 e. The molecule has 1 aliphatic heterocycles. The minimum atomic E-state index is -0.804. The van der Waals surface area contributed by atoms with Crippen LogP contribution in [-0.2, 0) is 9.59 Å². The third-order valence-electron chi connectivity index (χ3n) is 5.08. The van der Waals surface area contributed by atoms with Crippen molar-refractivity contribution in [3.8, 4) is 5.75 Å². The number of nitrogens with zero attached hydrogens (tertiary/aromatic N) is 2. The topological polar surface area (TPSA) is 83.2 Å². The van der Waals surface area contributed by atoms with E-state index in [1.807, 2.05) is 25.9 Å². The maximum absolute atomic E-state index is 13.0. The van der Waals surface area contributed by atoms with Gasteiger partial charge >= 0.3 is 0 Å². The van der Waals surface area contributed by atoms with Gasteiger partial charge < -0.3 is 24.1 Å². The van der Waals surface area contributed by atoms with Crippen molar-refractivity contribution in [2.75, 3.05) is 33.8 Å². The minimum absolute atomic E-state index is 0.00979. The molecule has 1 aromatic heterocycles. The zero-order chi connectivity index (χ0) is 22.7. The van der Waals surface area contributed by atoms with E-state index in [2.05, 4.69) is 0 Å². The summed E-state index contributed by atoms with van der Waals surface area (Å²) in [6.45, 7) is 5.18. The van der Waals surface area contributed by atoms with Crippen LogP contribution in [0.1, 0.15) is 36.5 Å². The van der Waals surface area contributed by atoms with Gasteiger partial charge in [0.15, 0.2) is 0 Å². The van der Waals surface area contributed by atoms with E-state index in [4.69, 9.17) is 20.8 Å². The second-order valence-electron chi connectivity index (χ2n) is 7.68. The summed E-state index contributed by atoms with van der Waals surface area (Å²) in [6.07, 6.45) is 0.672. The molecule has 8 heteroatoms. The Morgan fingerprint density at radius 1 is 1.26 bits per heavy atom. The number of amides is 1. The molecule has 0 bridgehead atoms. The van der Waals surface area contributed by atoms with E-state index < -0.39 is 17.7 Å². The fourth-order valence-corrected chi connectivity index (χ4v) is 3.88. The van der Waals surface area contributed by atoms with Crippen LogP contribution >= 0.6 is 11.6 Å². The Balaban J connectivity index is 2.06. The number of Topliss-reactive ketones (excluding diaryl/α,β-unsaturated/α-hetero) is 1. The van der Waals surface area contributed by atoms with Crippen molar-refractivity contribution in [3.05, 3.63) is 58.0 Å². The van der Waals surface area contributed by atoms with Gasteiger partial charge in [-0.25, -0.2) is 0 Å². The second kappa shape index (κ2) is 9.58. The molecule has 0 saturated carbocycles. The van der Waals surface area contributed by atoms with Crippen LogP contribution in [0.2, 0.25) is 5.02 Å². The van der Waals surface area contributed by atoms with Crippen molar-refractivity contribution in [3.63, 3.8) is 0 Å². The first-order chi connectivity index (χ1) is 14.7. The average Bonchev–Trinajstić information content (AvgIpc) is 3.25. The molecule has 2 heterocycles. The fourth-order valence-electron chi connectivity index (χ4n) is 3.64. The first-order valence-electron chi connectivity index (χ1n) is 10.2. The third kappa shape index (κ3) is 4.78. The number of hydrogen-bond donors (Lipinski definition) is 1. The summed E-state index contributed by atoms with van der Waals surface area (Å²) in [6, 6.07) is 7.44. The fraction of sp³-hybridized carbons (Fsp3) is 0.391. The number of benzene rings is 1. The normalized spacial score (nSPS) is 18.3. The maximum atomic E-state index is 13.0. The van der Waals surface area contributed by atoms with Crippen molar-refractivity contribution in [1.82, 2.24) is 9.80 Å². The zero-order valence-electron chi connectivity index (χ0n) is 18.1. The van der Waals surface area contributed by atoms with E-state index in [1.54, 1.807) is 31.2 Å². The zero-order valence-corrected chi connectivity index (χ0v) is 18.9. The molecule has 166 valence electrons. The van der Waals surface area contributed by atoms with Gasteiger partial charge in [0.2, 0.25) is 0 Å². The van der Waals surface area contributed by atoms with Gasteiger partial charge in [-0.3, -0.25) is 9.59 Å². The Morgan fingerprint density at radius 2 is 2.00 bits per heavy atom. The number of halogens is 1. The molecule has 1 N–H and O–H groups in total. The van der Waals surface area contributed by atoms with Gasteiger partial charge in [0, 0.05) is 12.1 Å². The van der Waals surface area contributed by atoms with Crippen LogP contribution < -0.4 is 4.74 Å². The van der Waals surface area contributed by atoms with E-state index in [9.17, 15) is 14.7 Å². The summed E-state index contributed by atoms with van der Waals surface area (Å²) in [7, 11) is 3.88. The molecule has 1 saturated heterocycles. The molecule has 7 nitrogen and oxygen atoms in total. The molecule has 3 rings (SSSR count). The lowest BCUT2D eigenvalue weighted by Crippen LogP contribution is -2.32. The number of aliphatic hydroxyl groups is 1.